The van der Waals surface area contributed by atoms with E-state index in [1.165, 1.54) is 32.1 Å². The summed E-state index contributed by atoms with van der Waals surface area (Å²) in [7, 11) is 0. The van der Waals surface area contributed by atoms with Gasteiger partial charge in [-0.2, -0.15) is 11.8 Å². The van der Waals surface area contributed by atoms with Crippen LogP contribution in [0.3, 0.4) is 0 Å². The van der Waals surface area contributed by atoms with Crippen LogP contribution in [-0.4, -0.2) is 28.4 Å². The molecule has 0 radical (unpaired) electrons. The third kappa shape index (κ3) is 3.51. The Morgan fingerprint density at radius 1 is 0.950 bits per heavy atom. The van der Waals surface area contributed by atoms with Crippen molar-refractivity contribution >= 4 is 29.1 Å². The van der Waals surface area contributed by atoms with E-state index in [9.17, 15) is 14.4 Å². The van der Waals surface area contributed by atoms with E-state index >= 15 is 0 Å². The zero-order valence-electron chi connectivity index (χ0n) is 12.2. The molecule has 2 rings (SSSR count). The van der Waals surface area contributed by atoms with Crippen LogP contribution in [0, 0.1) is 11.8 Å². The molecule has 0 heterocycles. The summed E-state index contributed by atoms with van der Waals surface area (Å²) >= 11 is 1.93. The van der Waals surface area contributed by atoms with Crippen LogP contribution in [0.2, 0.25) is 0 Å². The lowest BCUT2D eigenvalue weighted by Crippen LogP contribution is -2.28. The topological polar surface area (TPSA) is 51.2 Å². The molecule has 0 aromatic rings. The van der Waals surface area contributed by atoms with Gasteiger partial charge in [0.05, 0.1) is 0 Å². The normalized spacial score (nSPS) is 29.9. The fourth-order valence-corrected chi connectivity index (χ4v) is 4.65. The smallest absolute Gasteiger partial charge is 0.264 e. The van der Waals surface area contributed by atoms with E-state index in [0.717, 1.165) is 25.0 Å². The molecular weight excluding hydrogens is 272 g/mol. The molecule has 2 aliphatic rings. The summed E-state index contributed by atoms with van der Waals surface area (Å²) in [6.45, 7) is 2.22. The van der Waals surface area contributed by atoms with Crippen molar-refractivity contribution in [3.63, 3.8) is 0 Å². The number of carbonyl (C=O) groups is 3. The third-order valence-corrected chi connectivity index (χ3v) is 5.95. The first-order valence-corrected chi connectivity index (χ1v) is 8.94. The number of Topliss-reactive ketones (excluding diaryl/α,β-unsaturated/α-hetero) is 3. The van der Waals surface area contributed by atoms with Gasteiger partial charge in [-0.1, -0.05) is 32.6 Å². The van der Waals surface area contributed by atoms with Crippen molar-refractivity contribution in [2.24, 2.45) is 11.8 Å². The van der Waals surface area contributed by atoms with E-state index in [-0.39, 0.29) is 11.8 Å². The lowest BCUT2D eigenvalue weighted by atomic mass is 9.81. The fraction of sp³-hybridized carbons (Fsp3) is 0.812. The van der Waals surface area contributed by atoms with Crippen molar-refractivity contribution in [3.05, 3.63) is 0 Å². The minimum absolute atomic E-state index is 0.281. The molecule has 3 atom stereocenters. The molecule has 0 amide bonds. The molecule has 3 unspecified atom stereocenters. The molecule has 0 aromatic carbocycles. The highest BCUT2D eigenvalue weighted by Crippen LogP contribution is 2.40. The Labute approximate surface area is 125 Å². The van der Waals surface area contributed by atoms with E-state index in [4.69, 9.17) is 0 Å². The van der Waals surface area contributed by atoms with Crippen LogP contribution in [0.25, 0.3) is 0 Å². The standard InChI is InChI=1S/C16H24O3S/c1-2-3-4-5-6-9-20-11-7-8-12-13(10-11)15(18)16(19)14(12)17/h11-13H,2-10H2,1H3. The highest BCUT2D eigenvalue weighted by molar-refractivity contribution is 7.99. The highest BCUT2D eigenvalue weighted by atomic mass is 32.2. The molecule has 2 fully saturated rings. The molecule has 0 aromatic heterocycles. The Bertz CT molecular complexity index is 391. The maximum atomic E-state index is 11.8. The maximum Gasteiger partial charge on any atom is 0.264 e. The van der Waals surface area contributed by atoms with E-state index in [2.05, 4.69) is 6.92 Å². The van der Waals surface area contributed by atoms with Gasteiger partial charge < -0.3 is 0 Å². The SMILES string of the molecule is CCCCCCCSC1CCC2C(=O)C(=O)C(=O)C2C1. The molecule has 3 nitrogen and oxygen atoms in total. The van der Waals surface area contributed by atoms with Crippen LogP contribution >= 0.6 is 11.8 Å². The summed E-state index contributed by atoms with van der Waals surface area (Å²) in [6, 6.07) is 0. The second-order valence-corrected chi connectivity index (χ2v) is 7.40. The molecule has 2 aliphatic carbocycles. The Morgan fingerprint density at radius 2 is 1.65 bits per heavy atom. The lowest BCUT2D eigenvalue weighted by Gasteiger charge is -2.28. The molecule has 0 spiro atoms. The van der Waals surface area contributed by atoms with Crippen molar-refractivity contribution in [3.8, 4) is 0 Å². The van der Waals surface area contributed by atoms with Crippen LogP contribution < -0.4 is 0 Å². The minimum Gasteiger partial charge on any atom is -0.290 e. The number of hydrogen-bond acceptors (Lipinski definition) is 4. The monoisotopic (exact) mass is 296 g/mol. The first-order valence-electron chi connectivity index (χ1n) is 7.89. The van der Waals surface area contributed by atoms with Gasteiger partial charge in [0.1, 0.15) is 0 Å². The van der Waals surface area contributed by atoms with E-state index in [1.54, 1.807) is 0 Å². The van der Waals surface area contributed by atoms with Crippen molar-refractivity contribution in [2.75, 3.05) is 5.75 Å². The zero-order chi connectivity index (χ0) is 14.5. The Kier molecular flexibility index (Phi) is 5.82. The molecule has 112 valence electrons. The van der Waals surface area contributed by atoms with Gasteiger partial charge in [-0.05, 0) is 31.4 Å². The average Bonchev–Trinajstić information content (AvgIpc) is 2.67. The predicted molar refractivity (Wildman–Crippen MR) is 80.9 cm³/mol. The molecule has 0 N–H and O–H groups in total. The van der Waals surface area contributed by atoms with Gasteiger partial charge in [-0.3, -0.25) is 14.4 Å². The van der Waals surface area contributed by atoms with Gasteiger partial charge in [0.2, 0.25) is 11.6 Å². The van der Waals surface area contributed by atoms with Gasteiger partial charge in [0.25, 0.3) is 5.78 Å². The number of carbonyl (C=O) groups excluding carboxylic acids is 3. The summed E-state index contributed by atoms with van der Waals surface area (Å²) in [5, 5.41) is 0.463. The Morgan fingerprint density at radius 3 is 2.40 bits per heavy atom. The molecule has 0 bridgehead atoms. The fourth-order valence-electron chi connectivity index (χ4n) is 3.30. The first kappa shape index (κ1) is 15.7. The summed E-state index contributed by atoms with van der Waals surface area (Å²) < 4.78 is 0. The number of ketones is 3. The van der Waals surface area contributed by atoms with Gasteiger partial charge >= 0.3 is 0 Å². The predicted octanol–water partition coefficient (Wildman–Crippen LogP) is 3.20. The number of hydrogen-bond donors (Lipinski definition) is 0. The number of unbranched alkanes of at least 4 members (excludes halogenated alkanes) is 4. The van der Waals surface area contributed by atoms with Crippen LogP contribution in [0.15, 0.2) is 0 Å². The summed E-state index contributed by atoms with van der Waals surface area (Å²) in [4.78, 5) is 34.8. The Balaban J connectivity index is 1.71. The van der Waals surface area contributed by atoms with E-state index in [1.807, 2.05) is 11.8 Å². The van der Waals surface area contributed by atoms with Gasteiger partial charge in [0.15, 0.2) is 0 Å². The molecule has 4 heteroatoms. The molecule has 0 saturated heterocycles. The van der Waals surface area contributed by atoms with Gasteiger partial charge in [-0.25, -0.2) is 0 Å². The van der Waals surface area contributed by atoms with Crippen molar-refractivity contribution in [1.82, 2.24) is 0 Å². The number of thioether (sulfide) groups is 1. The summed E-state index contributed by atoms with van der Waals surface area (Å²) in [5.74, 6) is -0.985. The van der Waals surface area contributed by atoms with Crippen molar-refractivity contribution in [1.29, 1.82) is 0 Å². The Hall–Kier alpha value is -0.640. The lowest BCUT2D eigenvalue weighted by molar-refractivity contribution is -0.141. The molecule has 0 aliphatic heterocycles. The molecule has 20 heavy (non-hydrogen) atoms. The van der Waals surface area contributed by atoms with Crippen molar-refractivity contribution < 1.29 is 14.4 Å². The number of rotatable bonds is 7. The molecule has 2 saturated carbocycles. The quantitative estimate of drug-likeness (QED) is 0.535. The van der Waals surface area contributed by atoms with Crippen LogP contribution in [-0.2, 0) is 14.4 Å². The van der Waals surface area contributed by atoms with E-state index < -0.39 is 17.3 Å². The average molecular weight is 296 g/mol. The summed E-state index contributed by atoms with van der Waals surface area (Å²) in [5.41, 5.74) is 0. The second-order valence-electron chi connectivity index (χ2n) is 5.99. The van der Waals surface area contributed by atoms with E-state index in [0.29, 0.717) is 5.25 Å². The first-order chi connectivity index (χ1) is 9.65. The third-order valence-electron chi connectivity index (χ3n) is 4.52. The van der Waals surface area contributed by atoms with Crippen LogP contribution in [0.1, 0.15) is 58.3 Å². The second kappa shape index (κ2) is 7.39. The maximum absolute atomic E-state index is 11.8. The highest BCUT2D eigenvalue weighted by Gasteiger charge is 2.50. The minimum atomic E-state index is -0.731. The largest absolute Gasteiger partial charge is 0.290 e. The zero-order valence-corrected chi connectivity index (χ0v) is 13.0. The van der Waals surface area contributed by atoms with Gasteiger partial charge in [-0.15, -0.1) is 0 Å². The van der Waals surface area contributed by atoms with Crippen LogP contribution in [0.5, 0.6) is 0 Å². The number of fused-ring (bicyclic) bond motifs is 1. The molecular formula is C16H24O3S. The van der Waals surface area contributed by atoms with Gasteiger partial charge in [0, 0.05) is 17.1 Å². The van der Waals surface area contributed by atoms with Crippen molar-refractivity contribution in [2.45, 2.75) is 63.5 Å². The summed E-state index contributed by atoms with van der Waals surface area (Å²) in [6.07, 6.45) is 8.87. The van der Waals surface area contributed by atoms with Crippen LogP contribution in [0.4, 0.5) is 0 Å².